The highest BCUT2D eigenvalue weighted by molar-refractivity contribution is 5.83. The molecule has 0 heterocycles. The average molecular weight is 283 g/mol. The van der Waals surface area contributed by atoms with E-state index in [4.69, 9.17) is 9.47 Å². The number of ether oxygens (including phenoxy) is 2. The summed E-state index contributed by atoms with van der Waals surface area (Å²) in [6.45, 7) is 6.69. The Kier molecular flexibility index (Phi) is 4.99. The molecule has 0 N–H and O–H groups in total. The van der Waals surface area contributed by atoms with E-state index in [1.807, 2.05) is 31.3 Å². The van der Waals surface area contributed by atoms with Gasteiger partial charge in [0.1, 0.15) is 0 Å². The molecule has 0 bridgehead atoms. The van der Waals surface area contributed by atoms with E-state index in [2.05, 4.69) is 37.0 Å². The molecule has 0 fully saturated rings. The van der Waals surface area contributed by atoms with E-state index < -0.39 is 0 Å². The molecule has 2 rings (SSSR count). The molecule has 0 aliphatic carbocycles. The van der Waals surface area contributed by atoms with Crippen LogP contribution in [0.5, 0.6) is 11.5 Å². The van der Waals surface area contributed by atoms with Crippen LogP contribution in [0.3, 0.4) is 0 Å². The maximum Gasteiger partial charge on any atom is 0.161 e. The van der Waals surface area contributed by atoms with Gasteiger partial charge in [0, 0.05) is 6.21 Å². The Balaban J connectivity index is 2.28. The van der Waals surface area contributed by atoms with Crippen LogP contribution in [0.2, 0.25) is 0 Å². The van der Waals surface area contributed by atoms with Gasteiger partial charge in [-0.1, -0.05) is 12.1 Å². The van der Waals surface area contributed by atoms with Gasteiger partial charge >= 0.3 is 0 Å². The minimum Gasteiger partial charge on any atom is -0.493 e. The molecule has 0 atom stereocenters. The number of benzene rings is 2. The molecule has 0 radical (unpaired) electrons. The molecule has 0 aromatic heterocycles. The minimum absolute atomic E-state index is 0.605. The zero-order chi connectivity index (χ0) is 15.2. The first kappa shape index (κ1) is 15.1. The Morgan fingerprint density at radius 2 is 1.86 bits per heavy atom. The third-order valence-electron chi connectivity index (χ3n) is 3.20. The highest BCUT2D eigenvalue weighted by atomic mass is 16.5. The van der Waals surface area contributed by atoms with E-state index in [9.17, 15) is 0 Å². The number of hydrogen-bond acceptors (Lipinski definition) is 3. The minimum atomic E-state index is 0.605. The van der Waals surface area contributed by atoms with Crippen LogP contribution in [-0.2, 0) is 0 Å². The van der Waals surface area contributed by atoms with Gasteiger partial charge < -0.3 is 9.47 Å². The summed E-state index contributed by atoms with van der Waals surface area (Å²) in [5.74, 6) is 1.48. The summed E-state index contributed by atoms with van der Waals surface area (Å²) in [6, 6.07) is 12.1. The summed E-state index contributed by atoms with van der Waals surface area (Å²) in [5, 5.41) is 0. The molecule has 0 saturated carbocycles. The summed E-state index contributed by atoms with van der Waals surface area (Å²) >= 11 is 0. The number of aliphatic imine (C=N–C) groups is 1. The molecule has 0 aliphatic heterocycles. The first-order chi connectivity index (χ1) is 10.1. The normalized spacial score (nSPS) is 10.9. The summed E-state index contributed by atoms with van der Waals surface area (Å²) in [7, 11) is 1.64. The molecule has 3 nitrogen and oxygen atoms in total. The molecule has 2 aromatic carbocycles. The third kappa shape index (κ3) is 3.85. The second-order valence-corrected chi connectivity index (χ2v) is 4.89. The fourth-order valence-corrected chi connectivity index (χ4v) is 2.04. The van der Waals surface area contributed by atoms with Crippen LogP contribution in [0, 0.1) is 13.8 Å². The van der Waals surface area contributed by atoms with Gasteiger partial charge in [-0.25, -0.2) is 0 Å². The molecule has 0 saturated heterocycles. The van der Waals surface area contributed by atoms with Gasteiger partial charge in [0.25, 0.3) is 0 Å². The van der Waals surface area contributed by atoms with Gasteiger partial charge in [0.05, 0.1) is 19.4 Å². The summed E-state index contributed by atoms with van der Waals surface area (Å²) in [4.78, 5) is 4.57. The highest BCUT2D eigenvalue weighted by Gasteiger charge is 2.04. The van der Waals surface area contributed by atoms with E-state index in [1.54, 1.807) is 7.11 Å². The Labute approximate surface area is 126 Å². The first-order valence-electron chi connectivity index (χ1n) is 7.06. The van der Waals surface area contributed by atoms with E-state index in [0.29, 0.717) is 6.61 Å². The van der Waals surface area contributed by atoms with Crippen molar-refractivity contribution in [2.24, 2.45) is 4.99 Å². The quantitative estimate of drug-likeness (QED) is 0.758. The molecule has 0 aliphatic rings. The van der Waals surface area contributed by atoms with Gasteiger partial charge in [-0.3, -0.25) is 4.99 Å². The Morgan fingerprint density at radius 1 is 1.05 bits per heavy atom. The van der Waals surface area contributed by atoms with E-state index in [-0.39, 0.29) is 0 Å². The lowest BCUT2D eigenvalue weighted by Gasteiger charge is -2.09. The molecular formula is C18H21NO2. The van der Waals surface area contributed by atoms with Crippen molar-refractivity contribution in [2.45, 2.75) is 20.8 Å². The molecule has 110 valence electrons. The third-order valence-corrected chi connectivity index (χ3v) is 3.20. The zero-order valence-corrected chi connectivity index (χ0v) is 13.0. The molecular weight excluding hydrogens is 262 g/mol. The van der Waals surface area contributed by atoms with Crippen LogP contribution in [0.4, 0.5) is 5.69 Å². The predicted molar refractivity (Wildman–Crippen MR) is 87.3 cm³/mol. The largest absolute Gasteiger partial charge is 0.493 e. The van der Waals surface area contributed by atoms with Crippen LogP contribution in [0.1, 0.15) is 23.6 Å². The number of methoxy groups -OCH3 is 1. The number of aryl methyl sites for hydroxylation is 2. The van der Waals surface area contributed by atoms with Gasteiger partial charge in [-0.2, -0.15) is 0 Å². The molecule has 0 amide bonds. The second kappa shape index (κ2) is 6.93. The fraction of sp³-hybridized carbons (Fsp3) is 0.278. The first-order valence-corrected chi connectivity index (χ1v) is 7.06. The number of hydrogen-bond donors (Lipinski definition) is 0. The lowest BCUT2D eigenvalue weighted by atomic mass is 10.1. The highest BCUT2D eigenvalue weighted by Crippen LogP contribution is 2.28. The monoisotopic (exact) mass is 283 g/mol. The lowest BCUT2D eigenvalue weighted by Crippen LogP contribution is -1.96. The van der Waals surface area contributed by atoms with Crippen LogP contribution in [-0.4, -0.2) is 19.9 Å². The van der Waals surface area contributed by atoms with Crippen molar-refractivity contribution in [3.05, 3.63) is 53.1 Å². The van der Waals surface area contributed by atoms with E-state index in [0.717, 1.165) is 28.3 Å². The van der Waals surface area contributed by atoms with Crippen molar-refractivity contribution in [3.8, 4) is 11.5 Å². The standard InChI is InChI=1S/C18H21NO2/c1-5-21-18-11-15(8-9-17(18)20-4)12-19-16-10-13(2)6-7-14(16)3/h6-12H,5H2,1-4H3. The van der Waals surface area contributed by atoms with E-state index in [1.165, 1.54) is 5.56 Å². The maximum absolute atomic E-state index is 5.58. The Morgan fingerprint density at radius 3 is 2.57 bits per heavy atom. The summed E-state index contributed by atoms with van der Waals surface area (Å²) in [6.07, 6.45) is 1.85. The van der Waals surface area contributed by atoms with Crippen molar-refractivity contribution in [1.29, 1.82) is 0 Å². The predicted octanol–water partition coefficient (Wildman–Crippen LogP) is 4.46. The average Bonchev–Trinajstić information content (AvgIpc) is 2.49. The van der Waals surface area contributed by atoms with Crippen LogP contribution >= 0.6 is 0 Å². The van der Waals surface area contributed by atoms with Crippen LogP contribution in [0.15, 0.2) is 41.4 Å². The molecule has 3 heteroatoms. The smallest absolute Gasteiger partial charge is 0.161 e. The molecule has 0 spiro atoms. The molecule has 0 unspecified atom stereocenters. The topological polar surface area (TPSA) is 30.8 Å². The molecule has 2 aromatic rings. The summed E-state index contributed by atoms with van der Waals surface area (Å²) in [5.41, 5.74) is 4.34. The van der Waals surface area contributed by atoms with Crippen molar-refractivity contribution in [2.75, 3.05) is 13.7 Å². The van der Waals surface area contributed by atoms with Crippen LogP contribution < -0.4 is 9.47 Å². The number of nitrogens with zero attached hydrogens (tertiary/aromatic N) is 1. The van der Waals surface area contributed by atoms with Crippen LogP contribution in [0.25, 0.3) is 0 Å². The van der Waals surface area contributed by atoms with E-state index >= 15 is 0 Å². The van der Waals surface area contributed by atoms with Crippen molar-refractivity contribution in [1.82, 2.24) is 0 Å². The van der Waals surface area contributed by atoms with Crippen molar-refractivity contribution >= 4 is 11.9 Å². The maximum atomic E-state index is 5.58. The van der Waals surface area contributed by atoms with Gasteiger partial charge in [0.15, 0.2) is 11.5 Å². The Hall–Kier alpha value is -2.29. The van der Waals surface area contributed by atoms with Crippen molar-refractivity contribution < 1.29 is 9.47 Å². The fourth-order valence-electron chi connectivity index (χ4n) is 2.04. The lowest BCUT2D eigenvalue weighted by molar-refractivity contribution is 0.311. The zero-order valence-electron chi connectivity index (χ0n) is 13.0. The van der Waals surface area contributed by atoms with Gasteiger partial charge in [-0.15, -0.1) is 0 Å². The van der Waals surface area contributed by atoms with Gasteiger partial charge in [-0.05, 0) is 61.7 Å². The summed E-state index contributed by atoms with van der Waals surface area (Å²) < 4.78 is 10.9. The number of rotatable bonds is 5. The SMILES string of the molecule is CCOc1cc(C=Nc2cc(C)ccc2C)ccc1OC. The Bertz CT molecular complexity index is 648. The molecule has 21 heavy (non-hydrogen) atoms. The second-order valence-electron chi connectivity index (χ2n) is 4.89. The van der Waals surface area contributed by atoms with Crippen molar-refractivity contribution in [3.63, 3.8) is 0 Å². The van der Waals surface area contributed by atoms with Gasteiger partial charge in [0.2, 0.25) is 0 Å².